The number of para-hydroxylation sites is 1. The highest BCUT2D eigenvalue weighted by Gasteiger charge is 2.39. The maximum Gasteiger partial charge on any atom is 0.0543 e. The van der Waals surface area contributed by atoms with E-state index < -0.39 is 0 Å². The molecule has 0 aliphatic heterocycles. The van der Waals surface area contributed by atoms with Gasteiger partial charge in [-0.05, 0) is 137 Å². The van der Waals surface area contributed by atoms with Crippen LogP contribution in [-0.2, 0) is 10.8 Å². The van der Waals surface area contributed by atoms with Crippen LogP contribution in [0.2, 0.25) is 0 Å². The van der Waals surface area contributed by atoms with Crippen molar-refractivity contribution in [2.45, 2.75) is 38.5 Å². The predicted octanol–water partition coefficient (Wildman–Crippen LogP) is 14.4. The maximum atomic E-state index is 2.50. The van der Waals surface area contributed by atoms with Crippen LogP contribution in [-0.4, -0.2) is 0 Å². The van der Waals surface area contributed by atoms with Crippen LogP contribution in [0.3, 0.4) is 0 Å². The highest BCUT2D eigenvalue weighted by atomic mass is 15.1. The summed E-state index contributed by atoms with van der Waals surface area (Å²) in [6.45, 7) is 9.57. The van der Waals surface area contributed by atoms with E-state index in [0.29, 0.717) is 0 Å². The van der Waals surface area contributed by atoms with Crippen molar-refractivity contribution in [3.05, 3.63) is 186 Å². The van der Waals surface area contributed by atoms with Gasteiger partial charge in [0.2, 0.25) is 0 Å². The lowest BCUT2D eigenvalue weighted by Crippen LogP contribution is -2.17. The molecule has 0 saturated carbocycles. The average molecular weight is 678 g/mol. The number of nitrogens with zero attached hydrogens (tertiary/aromatic N) is 1. The summed E-state index contributed by atoms with van der Waals surface area (Å²) in [6, 6.07) is 61.5. The summed E-state index contributed by atoms with van der Waals surface area (Å²) in [5.41, 5.74) is 14.3. The summed E-state index contributed by atoms with van der Waals surface area (Å²) in [4.78, 5) is 2.49. The van der Waals surface area contributed by atoms with Gasteiger partial charge in [0, 0.05) is 27.6 Å². The first-order chi connectivity index (χ1) is 25.8. The Hall–Kier alpha value is -6.18. The molecular formula is C52H39N. The molecule has 0 bridgehead atoms. The Kier molecular flexibility index (Phi) is 6.14. The van der Waals surface area contributed by atoms with Gasteiger partial charge in [-0.3, -0.25) is 0 Å². The van der Waals surface area contributed by atoms with Crippen LogP contribution in [0.5, 0.6) is 0 Å². The second-order valence-corrected chi connectivity index (χ2v) is 16.2. The van der Waals surface area contributed by atoms with Crippen molar-refractivity contribution < 1.29 is 0 Å². The molecule has 9 aromatic carbocycles. The molecule has 0 N–H and O–H groups in total. The van der Waals surface area contributed by atoms with Crippen LogP contribution in [0.4, 0.5) is 17.1 Å². The molecule has 53 heavy (non-hydrogen) atoms. The fourth-order valence-corrected chi connectivity index (χ4v) is 9.80. The molecule has 0 spiro atoms. The number of hydrogen-bond donors (Lipinski definition) is 0. The molecule has 9 aromatic rings. The molecule has 0 saturated heterocycles. The van der Waals surface area contributed by atoms with Gasteiger partial charge in [0.25, 0.3) is 0 Å². The molecule has 0 radical (unpaired) electrons. The topological polar surface area (TPSA) is 3.24 Å². The van der Waals surface area contributed by atoms with Crippen LogP contribution in [0.15, 0.2) is 164 Å². The van der Waals surface area contributed by atoms with Gasteiger partial charge in [-0.2, -0.15) is 0 Å². The lowest BCUT2D eigenvalue weighted by atomic mass is 9.81. The highest BCUT2D eigenvalue weighted by molar-refractivity contribution is 6.15. The Morgan fingerprint density at radius 3 is 1.60 bits per heavy atom. The van der Waals surface area contributed by atoms with Gasteiger partial charge < -0.3 is 4.90 Å². The summed E-state index contributed by atoms with van der Waals surface area (Å²) in [5.74, 6) is 0. The number of rotatable bonds is 3. The minimum atomic E-state index is -0.162. The lowest BCUT2D eigenvalue weighted by molar-refractivity contribution is 0.661. The molecule has 11 rings (SSSR count). The second-order valence-electron chi connectivity index (χ2n) is 16.2. The van der Waals surface area contributed by atoms with Crippen molar-refractivity contribution in [2.24, 2.45) is 0 Å². The lowest BCUT2D eigenvalue weighted by Gasteiger charge is -2.30. The van der Waals surface area contributed by atoms with E-state index in [-0.39, 0.29) is 10.8 Å². The van der Waals surface area contributed by atoms with Gasteiger partial charge in [0.15, 0.2) is 0 Å². The minimum Gasteiger partial charge on any atom is -0.310 e. The Morgan fingerprint density at radius 2 is 0.868 bits per heavy atom. The van der Waals surface area contributed by atoms with E-state index in [4.69, 9.17) is 0 Å². The molecule has 2 aliphatic rings. The quantitative estimate of drug-likeness (QED) is 0.180. The van der Waals surface area contributed by atoms with Crippen molar-refractivity contribution in [2.75, 3.05) is 4.90 Å². The third kappa shape index (κ3) is 4.20. The molecule has 252 valence electrons. The number of benzene rings is 9. The summed E-state index contributed by atoms with van der Waals surface area (Å²) in [7, 11) is 0. The van der Waals surface area contributed by atoms with Crippen LogP contribution >= 0.6 is 0 Å². The number of fused-ring (bicyclic) bond motifs is 12. The van der Waals surface area contributed by atoms with Crippen molar-refractivity contribution in [3.63, 3.8) is 0 Å². The Balaban J connectivity index is 1.14. The predicted molar refractivity (Wildman–Crippen MR) is 226 cm³/mol. The van der Waals surface area contributed by atoms with Crippen LogP contribution < -0.4 is 4.90 Å². The summed E-state index contributed by atoms with van der Waals surface area (Å²) >= 11 is 0. The van der Waals surface area contributed by atoms with E-state index in [9.17, 15) is 0 Å². The Labute approximate surface area is 310 Å². The van der Waals surface area contributed by atoms with Crippen molar-refractivity contribution in [1.82, 2.24) is 0 Å². The van der Waals surface area contributed by atoms with E-state index in [2.05, 4.69) is 196 Å². The molecule has 0 aromatic heterocycles. The van der Waals surface area contributed by atoms with Crippen LogP contribution in [0, 0.1) is 0 Å². The molecular weight excluding hydrogens is 639 g/mol. The van der Waals surface area contributed by atoms with Gasteiger partial charge in [0.05, 0.1) is 5.69 Å². The zero-order valence-corrected chi connectivity index (χ0v) is 30.5. The monoisotopic (exact) mass is 677 g/mol. The maximum absolute atomic E-state index is 2.50. The molecule has 0 amide bonds. The Bertz CT molecular complexity index is 3000. The summed E-state index contributed by atoms with van der Waals surface area (Å²) in [5, 5.41) is 10.3. The van der Waals surface area contributed by atoms with Gasteiger partial charge in [-0.15, -0.1) is 0 Å². The van der Waals surface area contributed by atoms with E-state index in [1.54, 1.807) is 0 Å². The minimum absolute atomic E-state index is 0.0983. The first-order valence-corrected chi connectivity index (χ1v) is 18.8. The van der Waals surface area contributed by atoms with E-state index in [0.717, 1.165) is 11.4 Å². The number of hydrogen-bond acceptors (Lipinski definition) is 1. The first-order valence-electron chi connectivity index (χ1n) is 18.8. The van der Waals surface area contributed by atoms with Gasteiger partial charge in [-0.1, -0.05) is 137 Å². The largest absolute Gasteiger partial charge is 0.310 e. The normalized spacial score (nSPS) is 14.7. The highest BCUT2D eigenvalue weighted by Crippen LogP contribution is 2.57. The zero-order valence-electron chi connectivity index (χ0n) is 30.5. The molecule has 0 heterocycles. The molecule has 2 aliphatic carbocycles. The van der Waals surface area contributed by atoms with Gasteiger partial charge >= 0.3 is 0 Å². The van der Waals surface area contributed by atoms with Crippen LogP contribution in [0.1, 0.15) is 49.9 Å². The molecule has 1 nitrogen and oxygen atoms in total. The third-order valence-electron chi connectivity index (χ3n) is 12.5. The third-order valence-corrected chi connectivity index (χ3v) is 12.5. The van der Waals surface area contributed by atoms with Gasteiger partial charge in [-0.25, -0.2) is 0 Å². The first kappa shape index (κ1) is 30.4. The smallest absolute Gasteiger partial charge is 0.0543 e. The van der Waals surface area contributed by atoms with Crippen molar-refractivity contribution in [1.29, 1.82) is 0 Å². The summed E-state index contributed by atoms with van der Waals surface area (Å²) < 4.78 is 0. The second kappa shape index (κ2) is 10.7. The number of anilines is 3. The SMILES string of the molecule is CC1(C)c2cc3ccccc3cc2-c2cc3ccc(N(c4ccccc4)c4cc5c(c6ccccc46)-c4c(ccc6ccccc46)C5(C)C)cc3cc21. The van der Waals surface area contributed by atoms with E-state index in [1.165, 1.54) is 93.3 Å². The molecule has 0 unspecified atom stereocenters. The van der Waals surface area contributed by atoms with E-state index in [1.807, 2.05) is 0 Å². The fraction of sp³-hybridized carbons (Fsp3) is 0.115. The standard InChI is InChI=1S/C52H39N/c1-51(2)44-25-23-32-14-10-11-19-39(32)49(44)50-41-21-13-12-20-40(41)48(31-47(50)51)53(37-17-6-5-7-18-37)38-24-22-35-28-43-42-27-33-15-8-9-16-34(33)29-45(42)52(3,4)46(43)30-36(35)26-38/h5-31H,1-4H3. The average Bonchev–Trinajstić information content (AvgIpc) is 3.55. The summed E-state index contributed by atoms with van der Waals surface area (Å²) in [6.07, 6.45) is 0. The zero-order chi connectivity index (χ0) is 35.6. The molecule has 0 atom stereocenters. The molecule has 1 heteroatoms. The van der Waals surface area contributed by atoms with Crippen molar-refractivity contribution in [3.8, 4) is 22.3 Å². The fourth-order valence-electron chi connectivity index (χ4n) is 9.80. The van der Waals surface area contributed by atoms with Crippen molar-refractivity contribution >= 4 is 60.2 Å². The van der Waals surface area contributed by atoms with E-state index >= 15 is 0 Å². The van der Waals surface area contributed by atoms with Crippen LogP contribution in [0.25, 0.3) is 65.3 Å². The van der Waals surface area contributed by atoms with Gasteiger partial charge in [0.1, 0.15) is 0 Å². The molecule has 0 fully saturated rings. The Morgan fingerprint density at radius 1 is 0.340 bits per heavy atom.